The highest BCUT2D eigenvalue weighted by Crippen LogP contribution is 2.28. The highest BCUT2D eigenvalue weighted by Gasteiger charge is 2.24. The van der Waals surface area contributed by atoms with Crippen LogP contribution in [0.1, 0.15) is 24.0 Å². The molecule has 0 spiro atoms. The molecule has 0 heterocycles. The lowest BCUT2D eigenvalue weighted by atomic mass is 9.79. The fraction of sp³-hybridized carbons (Fsp3) is 0.429. The number of nitrogens with one attached hydrogen (secondary N) is 1. The Kier molecular flexibility index (Phi) is 3.75. The number of rotatable bonds is 4. The molecule has 2 atom stereocenters. The number of hydrazine groups is 1. The van der Waals surface area contributed by atoms with Crippen LogP contribution in [0.5, 0.6) is 0 Å². The maximum Gasteiger partial charge on any atom is 0.0276 e. The average Bonchev–Trinajstić information content (AvgIpc) is 2.35. The fourth-order valence-electron chi connectivity index (χ4n) is 2.65. The molecule has 2 rings (SSSR count). The highest BCUT2D eigenvalue weighted by atomic mass is 15.2. The van der Waals surface area contributed by atoms with Gasteiger partial charge in [0.25, 0.3) is 0 Å². The lowest BCUT2D eigenvalue weighted by molar-refractivity contribution is 0.324. The smallest absolute Gasteiger partial charge is 0.0276 e. The largest absolute Gasteiger partial charge is 0.271 e. The van der Waals surface area contributed by atoms with E-state index in [4.69, 9.17) is 5.84 Å². The van der Waals surface area contributed by atoms with Gasteiger partial charge < -0.3 is 0 Å². The molecule has 1 aromatic carbocycles. The summed E-state index contributed by atoms with van der Waals surface area (Å²) in [6, 6.07) is 9.10. The van der Waals surface area contributed by atoms with Gasteiger partial charge in [-0.2, -0.15) is 0 Å². The molecule has 0 aliphatic heterocycles. The number of fused-ring (bicyclic) bond motifs is 1. The van der Waals surface area contributed by atoms with Crippen LogP contribution in [-0.4, -0.2) is 6.04 Å². The van der Waals surface area contributed by atoms with E-state index < -0.39 is 0 Å². The first-order chi connectivity index (χ1) is 7.85. The normalized spacial score (nSPS) is 21.2. The van der Waals surface area contributed by atoms with Crippen molar-refractivity contribution in [3.63, 3.8) is 0 Å². The molecule has 1 aliphatic carbocycles. The fourth-order valence-corrected chi connectivity index (χ4v) is 2.65. The van der Waals surface area contributed by atoms with Gasteiger partial charge in [0.1, 0.15) is 0 Å². The standard InChI is InChI=1S/C14H20N2/c1-2-5-14(16-15)13-9-8-11-6-3-4-7-12(11)10-13/h2-4,6-7,13-14,16H,1,5,8-10,15H2. The summed E-state index contributed by atoms with van der Waals surface area (Å²) in [4.78, 5) is 0. The molecule has 0 saturated heterocycles. The highest BCUT2D eigenvalue weighted by molar-refractivity contribution is 5.30. The molecule has 2 unspecified atom stereocenters. The molecule has 86 valence electrons. The quantitative estimate of drug-likeness (QED) is 0.460. The van der Waals surface area contributed by atoms with Crippen molar-refractivity contribution in [3.8, 4) is 0 Å². The summed E-state index contributed by atoms with van der Waals surface area (Å²) < 4.78 is 0. The molecule has 0 amide bonds. The zero-order valence-electron chi connectivity index (χ0n) is 9.65. The number of hydrogen-bond donors (Lipinski definition) is 2. The van der Waals surface area contributed by atoms with Gasteiger partial charge in [0.2, 0.25) is 0 Å². The van der Waals surface area contributed by atoms with E-state index in [1.807, 2.05) is 6.08 Å². The zero-order valence-corrected chi connectivity index (χ0v) is 9.65. The van der Waals surface area contributed by atoms with E-state index >= 15 is 0 Å². The molecule has 16 heavy (non-hydrogen) atoms. The molecule has 1 aliphatic rings. The number of nitrogens with two attached hydrogens (primary N) is 1. The van der Waals surface area contributed by atoms with Gasteiger partial charge >= 0.3 is 0 Å². The molecule has 0 saturated carbocycles. The van der Waals surface area contributed by atoms with Gasteiger partial charge in [-0.3, -0.25) is 11.3 Å². The summed E-state index contributed by atoms with van der Waals surface area (Å²) >= 11 is 0. The van der Waals surface area contributed by atoms with Gasteiger partial charge in [0, 0.05) is 6.04 Å². The Morgan fingerprint density at radius 3 is 2.88 bits per heavy atom. The van der Waals surface area contributed by atoms with Gasteiger partial charge in [0.15, 0.2) is 0 Å². The Morgan fingerprint density at radius 2 is 2.19 bits per heavy atom. The van der Waals surface area contributed by atoms with Crippen LogP contribution >= 0.6 is 0 Å². The van der Waals surface area contributed by atoms with Crippen LogP contribution in [0, 0.1) is 5.92 Å². The first kappa shape index (κ1) is 11.4. The van der Waals surface area contributed by atoms with E-state index in [9.17, 15) is 0 Å². The Morgan fingerprint density at radius 1 is 1.44 bits per heavy atom. The molecule has 0 fully saturated rings. The second-order valence-electron chi connectivity index (χ2n) is 4.57. The summed E-state index contributed by atoms with van der Waals surface area (Å²) in [5.74, 6) is 6.25. The molecule has 0 radical (unpaired) electrons. The van der Waals surface area contributed by atoms with Gasteiger partial charge in [-0.25, -0.2) is 0 Å². The minimum absolute atomic E-state index is 0.367. The monoisotopic (exact) mass is 216 g/mol. The van der Waals surface area contributed by atoms with Crippen molar-refractivity contribution in [2.24, 2.45) is 11.8 Å². The zero-order chi connectivity index (χ0) is 11.4. The summed E-state index contributed by atoms with van der Waals surface area (Å²) in [7, 11) is 0. The molecule has 2 nitrogen and oxygen atoms in total. The van der Waals surface area contributed by atoms with Gasteiger partial charge in [0.05, 0.1) is 0 Å². The number of benzene rings is 1. The summed E-state index contributed by atoms with van der Waals surface area (Å²) in [6.07, 6.45) is 6.43. The Bertz CT molecular complexity index is 360. The van der Waals surface area contributed by atoms with Crippen molar-refractivity contribution in [3.05, 3.63) is 48.0 Å². The second kappa shape index (κ2) is 5.28. The van der Waals surface area contributed by atoms with Crippen LogP contribution in [0.25, 0.3) is 0 Å². The molecule has 3 N–H and O–H groups in total. The first-order valence-electron chi connectivity index (χ1n) is 5.99. The van der Waals surface area contributed by atoms with E-state index in [-0.39, 0.29) is 0 Å². The van der Waals surface area contributed by atoms with Gasteiger partial charge in [-0.05, 0) is 42.7 Å². The molecular formula is C14H20N2. The number of aryl methyl sites for hydroxylation is 1. The summed E-state index contributed by atoms with van der Waals surface area (Å²) in [5, 5.41) is 0. The van der Waals surface area contributed by atoms with Crippen LogP contribution in [0.3, 0.4) is 0 Å². The summed E-state index contributed by atoms with van der Waals surface area (Å²) in [5.41, 5.74) is 5.93. The average molecular weight is 216 g/mol. The Balaban J connectivity index is 2.09. The molecule has 1 aromatic rings. The molecule has 0 bridgehead atoms. The van der Waals surface area contributed by atoms with Gasteiger partial charge in [-0.1, -0.05) is 30.3 Å². The predicted molar refractivity (Wildman–Crippen MR) is 67.9 cm³/mol. The minimum Gasteiger partial charge on any atom is -0.271 e. The lowest BCUT2D eigenvalue weighted by Crippen LogP contribution is -2.42. The van der Waals surface area contributed by atoms with Crippen LogP contribution in [0.15, 0.2) is 36.9 Å². The Hall–Kier alpha value is -1.12. The summed E-state index contributed by atoms with van der Waals surface area (Å²) in [6.45, 7) is 3.79. The van der Waals surface area contributed by atoms with Crippen molar-refractivity contribution in [2.45, 2.75) is 31.7 Å². The SMILES string of the molecule is C=CCC(NN)C1CCc2ccccc2C1. The lowest BCUT2D eigenvalue weighted by Gasteiger charge is -2.30. The predicted octanol–water partition coefficient (Wildman–Crippen LogP) is 2.20. The topological polar surface area (TPSA) is 38.0 Å². The molecular weight excluding hydrogens is 196 g/mol. The Labute approximate surface area is 97.5 Å². The molecule has 0 aromatic heterocycles. The minimum atomic E-state index is 0.367. The van der Waals surface area contributed by atoms with Crippen molar-refractivity contribution in [1.82, 2.24) is 5.43 Å². The van der Waals surface area contributed by atoms with Crippen molar-refractivity contribution >= 4 is 0 Å². The van der Waals surface area contributed by atoms with E-state index in [0.717, 1.165) is 12.8 Å². The van der Waals surface area contributed by atoms with Gasteiger partial charge in [-0.15, -0.1) is 6.58 Å². The van der Waals surface area contributed by atoms with Crippen LogP contribution in [0.4, 0.5) is 0 Å². The third kappa shape index (κ3) is 2.34. The van der Waals surface area contributed by atoms with Crippen LogP contribution in [0.2, 0.25) is 0 Å². The van der Waals surface area contributed by atoms with E-state index in [1.54, 1.807) is 0 Å². The third-order valence-electron chi connectivity index (χ3n) is 3.59. The van der Waals surface area contributed by atoms with E-state index in [1.165, 1.54) is 24.0 Å². The van der Waals surface area contributed by atoms with Crippen molar-refractivity contribution < 1.29 is 0 Å². The van der Waals surface area contributed by atoms with Crippen LogP contribution in [-0.2, 0) is 12.8 Å². The second-order valence-corrected chi connectivity index (χ2v) is 4.57. The van der Waals surface area contributed by atoms with E-state index in [0.29, 0.717) is 12.0 Å². The van der Waals surface area contributed by atoms with Crippen LogP contribution < -0.4 is 11.3 Å². The molecule has 2 heteroatoms. The number of hydrogen-bond acceptors (Lipinski definition) is 2. The van der Waals surface area contributed by atoms with Crippen molar-refractivity contribution in [2.75, 3.05) is 0 Å². The first-order valence-corrected chi connectivity index (χ1v) is 5.99. The maximum absolute atomic E-state index is 5.61. The maximum atomic E-state index is 5.61. The van der Waals surface area contributed by atoms with E-state index in [2.05, 4.69) is 36.3 Å². The van der Waals surface area contributed by atoms with Crippen molar-refractivity contribution in [1.29, 1.82) is 0 Å². The third-order valence-corrected chi connectivity index (χ3v) is 3.59.